The second-order valence-electron chi connectivity index (χ2n) is 6.59. The quantitative estimate of drug-likeness (QED) is 0.627. The smallest absolute Gasteiger partial charge is 0.153 e. The molecule has 0 N–H and O–H groups in total. The predicted octanol–water partition coefficient (Wildman–Crippen LogP) is 3.81. The molecular weight excluding hydrogens is 248 g/mol. The molecular formula is C17H20N2O. The van der Waals surface area contributed by atoms with E-state index in [-0.39, 0.29) is 5.57 Å². The molecule has 20 heavy (non-hydrogen) atoms. The van der Waals surface area contributed by atoms with Gasteiger partial charge in [0.15, 0.2) is 5.78 Å². The summed E-state index contributed by atoms with van der Waals surface area (Å²) >= 11 is 0. The fourth-order valence-electron chi connectivity index (χ4n) is 4.96. The molecule has 3 saturated carbocycles. The Labute approximate surface area is 120 Å². The summed E-state index contributed by atoms with van der Waals surface area (Å²) in [6.45, 7) is 0. The number of ketones is 1. The molecule has 0 saturated heterocycles. The number of allylic oxidation sites excluding steroid dienone is 2. The lowest BCUT2D eigenvalue weighted by atomic mass is 9.40. The molecule has 2 spiro atoms. The largest absolute Gasteiger partial charge is 0.298 e. The molecule has 3 aliphatic carbocycles. The SMILES string of the molecule is N#CC(C#N)=C1C2(CCCCC2)C(=O)C12CCCCC2. The maximum Gasteiger partial charge on any atom is 0.153 e. The lowest BCUT2D eigenvalue weighted by Gasteiger charge is -2.60. The third-order valence-corrected chi connectivity index (χ3v) is 5.71. The zero-order valence-corrected chi connectivity index (χ0v) is 11.9. The first-order chi connectivity index (χ1) is 9.71. The molecule has 3 heteroatoms. The van der Waals surface area contributed by atoms with Crippen LogP contribution < -0.4 is 0 Å². The Morgan fingerprint density at radius 3 is 1.55 bits per heavy atom. The number of carbonyl (C=O) groups excluding carboxylic acids is 1. The van der Waals surface area contributed by atoms with E-state index in [0.29, 0.717) is 5.78 Å². The molecule has 3 nitrogen and oxygen atoms in total. The molecule has 0 unspecified atom stereocenters. The van der Waals surface area contributed by atoms with E-state index in [1.165, 1.54) is 12.8 Å². The van der Waals surface area contributed by atoms with Crippen LogP contribution in [0.2, 0.25) is 0 Å². The fraction of sp³-hybridized carbons (Fsp3) is 0.706. The van der Waals surface area contributed by atoms with Crippen LogP contribution in [0.1, 0.15) is 64.2 Å². The lowest BCUT2D eigenvalue weighted by Crippen LogP contribution is -2.61. The molecule has 0 aromatic carbocycles. The summed E-state index contributed by atoms with van der Waals surface area (Å²) in [6, 6.07) is 4.17. The normalized spacial score (nSPS) is 26.7. The van der Waals surface area contributed by atoms with Crippen LogP contribution in [0.25, 0.3) is 0 Å². The van der Waals surface area contributed by atoms with Crippen LogP contribution in [-0.4, -0.2) is 5.78 Å². The van der Waals surface area contributed by atoms with Gasteiger partial charge in [0.05, 0.1) is 10.8 Å². The summed E-state index contributed by atoms with van der Waals surface area (Å²) in [7, 11) is 0. The van der Waals surface area contributed by atoms with Gasteiger partial charge in [0.1, 0.15) is 17.7 Å². The lowest BCUT2D eigenvalue weighted by molar-refractivity contribution is -0.151. The van der Waals surface area contributed by atoms with Crippen LogP contribution in [0.3, 0.4) is 0 Å². The van der Waals surface area contributed by atoms with Crippen LogP contribution in [0.4, 0.5) is 0 Å². The van der Waals surface area contributed by atoms with Crippen molar-refractivity contribution in [3.8, 4) is 12.1 Å². The van der Waals surface area contributed by atoms with Crippen molar-refractivity contribution in [2.24, 2.45) is 10.8 Å². The van der Waals surface area contributed by atoms with E-state index in [2.05, 4.69) is 12.1 Å². The molecule has 0 heterocycles. The molecule has 0 radical (unpaired) electrons. The number of rotatable bonds is 0. The minimum absolute atomic E-state index is 0.244. The van der Waals surface area contributed by atoms with E-state index in [9.17, 15) is 15.3 Å². The first kappa shape index (κ1) is 13.4. The highest BCUT2D eigenvalue weighted by Gasteiger charge is 2.67. The summed E-state index contributed by atoms with van der Waals surface area (Å²) in [5, 5.41) is 18.7. The zero-order chi connectivity index (χ0) is 14.2. The molecule has 104 valence electrons. The van der Waals surface area contributed by atoms with Gasteiger partial charge in [0.25, 0.3) is 0 Å². The van der Waals surface area contributed by atoms with Crippen LogP contribution in [-0.2, 0) is 4.79 Å². The minimum Gasteiger partial charge on any atom is -0.298 e. The zero-order valence-electron chi connectivity index (χ0n) is 11.9. The topological polar surface area (TPSA) is 64.7 Å². The van der Waals surface area contributed by atoms with Gasteiger partial charge in [0.2, 0.25) is 0 Å². The van der Waals surface area contributed by atoms with Gasteiger partial charge >= 0.3 is 0 Å². The van der Waals surface area contributed by atoms with Gasteiger partial charge in [-0.3, -0.25) is 4.79 Å². The molecule has 0 amide bonds. The molecule has 0 aliphatic heterocycles. The predicted molar refractivity (Wildman–Crippen MR) is 74.3 cm³/mol. The monoisotopic (exact) mass is 268 g/mol. The second-order valence-corrected chi connectivity index (χ2v) is 6.59. The summed E-state index contributed by atoms with van der Waals surface area (Å²) in [4.78, 5) is 13.0. The van der Waals surface area contributed by atoms with Crippen LogP contribution in [0, 0.1) is 33.5 Å². The third kappa shape index (κ3) is 1.53. The molecule has 3 rings (SSSR count). The van der Waals surface area contributed by atoms with Crippen molar-refractivity contribution in [2.75, 3.05) is 0 Å². The highest BCUT2D eigenvalue weighted by molar-refractivity contribution is 6.05. The van der Waals surface area contributed by atoms with Crippen molar-refractivity contribution in [1.82, 2.24) is 0 Å². The summed E-state index contributed by atoms with van der Waals surface area (Å²) < 4.78 is 0. The number of nitriles is 2. The van der Waals surface area contributed by atoms with Crippen molar-refractivity contribution in [2.45, 2.75) is 64.2 Å². The summed E-state index contributed by atoms with van der Waals surface area (Å²) in [5.41, 5.74) is 0.319. The number of Topliss-reactive ketones (excluding diaryl/α,β-unsaturated/α-hetero) is 1. The van der Waals surface area contributed by atoms with Gasteiger partial charge in [-0.05, 0) is 31.3 Å². The van der Waals surface area contributed by atoms with Crippen LogP contribution in [0.5, 0.6) is 0 Å². The van der Waals surface area contributed by atoms with Gasteiger partial charge < -0.3 is 0 Å². The molecule has 0 atom stereocenters. The van der Waals surface area contributed by atoms with Crippen molar-refractivity contribution >= 4 is 5.78 Å². The Morgan fingerprint density at radius 2 is 1.20 bits per heavy atom. The Balaban J connectivity index is 2.11. The average molecular weight is 268 g/mol. The molecule has 3 fully saturated rings. The average Bonchev–Trinajstić information content (AvgIpc) is 2.53. The standard InChI is InChI=1S/C17H20N2O/c18-11-13(12-19)14-16(7-3-1-4-8-16)15(20)17(14)9-5-2-6-10-17/h1-10H2. The Hall–Kier alpha value is -1.61. The van der Waals surface area contributed by atoms with Gasteiger partial charge in [-0.15, -0.1) is 0 Å². The third-order valence-electron chi connectivity index (χ3n) is 5.71. The molecule has 0 aromatic rings. The highest BCUT2D eigenvalue weighted by atomic mass is 16.1. The molecule has 0 aromatic heterocycles. The number of hydrogen-bond donors (Lipinski definition) is 0. The van der Waals surface area contributed by atoms with E-state index in [1.807, 2.05) is 0 Å². The van der Waals surface area contributed by atoms with Crippen molar-refractivity contribution in [3.63, 3.8) is 0 Å². The van der Waals surface area contributed by atoms with E-state index in [0.717, 1.165) is 56.9 Å². The Morgan fingerprint density at radius 1 is 0.800 bits per heavy atom. The van der Waals surface area contributed by atoms with Crippen molar-refractivity contribution in [3.05, 3.63) is 11.1 Å². The number of hydrogen-bond acceptors (Lipinski definition) is 3. The van der Waals surface area contributed by atoms with Gasteiger partial charge in [-0.25, -0.2) is 0 Å². The van der Waals surface area contributed by atoms with Crippen LogP contribution in [0.15, 0.2) is 11.1 Å². The number of carbonyl (C=O) groups is 1. The van der Waals surface area contributed by atoms with E-state index >= 15 is 0 Å². The van der Waals surface area contributed by atoms with Gasteiger partial charge in [0, 0.05) is 0 Å². The first-order valence-electron chi connectivity index (χ1n) is 7.82. The molecule has 3 aliphatic rings. The Kier molecular flexibility index (Phi) is 3.17. The van der Waals surface area contributed by atoms with Gasteiger partial charge in [-0.1, -0.05) is 38.5 Å². The first-order valence-corrected chi connectivity index (χ1v) is 7.82. The Bertz CT molecular complexity index is 501. The second kappa shape index (κ2) is 4.74. The van der Waals surface area contributed by atoms with Crippen molar-refractivity contribution < 1.29 is 4.79 Å². The number of nitrogens with zero attached hydrogens (tertiary/aromatic N) is 2. The van der Waals surface area contributed by atoms with E-state index in [1.54, 1.807) is 0 Å². The van der Waals surface area contributed by atoms with Crippen molar-refractivity contribution in [1.29, 1.82) is 10.5 Å². The molecule has 0 bridgehead atoms. The summed E-state index contributed by atoms with van der Waals surface area (Å²) in [5.74, 6) is 0.363. The maximum atomic E-state index is 13.0. The summed E-state index contributed by atoms with van der Waals surface area (Å²) in [6.07, 6.45) is 9.97. The fourth-order valence-corrected chi connectivity index (χ4v) is 4.96. The van der Waals surface area contributed by atoms with E-state index in [4.69, 9.17) is 0 Å². The van der Waals surface area contributed by atoms with E-state index < -0.39 is 10.8 Å². The minimum atomic E-state index is -0.434. The maximum absolute atomic E-state index is 13.0. The van der Waals surface area contributed by atoms with Crippen LogP contribution >= 0.6 is 0 Å². The van der Waals surface area contributed by atoms with Gasteiger partial charge in [-0.2, -0.15) is 10.5 Å². The highest BCUT2D eigenvalue weighted by Crippen LogP contribution is 2.67.